The van der Waals surface area contributed by atoms with Gasteiger partial charge in [0.2, 0.25) is 0 Å². The van der Waals surface area contributed by atoms with Crippen LogP contribution in [0.25, 0.3) is 0 Å². The van der Waals surface area contributed by atoms with E-state index in [9.17, 15) is 13.6 Å². The van der Waals surface area contributed by atoms with Crippen LogP contribution in [0.3, 0.4) is 0 Å². The third-order valence-corrected chi connectivity index (χ3v) is 3.20. The van der Waals surface area contributed by atoms with Crippen LogP contribution in [-0.4, -0.2) is 25.5 Å². The quantitative estimate of drug-likeness (QED) is 0.836. The van der Waals surface area contributed by atoms with E-state index in [1.807, 2.05) is 0 Å². The zero-order valence-corrected chi connectivity index (χ0v) is 10.8. The van der Waals surface area contributed by atoms with Crippen LogP contribution in [0.1, 0.15) is 0 Å². The molecular formula is C10H7BrClF2NO2. The molecule has 0 fully saturated rings. The van der Waals surface area contributed by atoms with Crippen LogP contribution in [-0.2, 0) is 4.79 Å². The molecule has 0 bridgehead atoms. The number of carbonyl (C=O) groups is 1. The molecule has 1 aliphatic heterocycles. The van der Waals surface area contributed by atoms with Crippen LogP contribution in [0.15, 0.2) is 16.6 Å². The Hall–Kier alpha value is -0.880. The lowest BCUT2D eigenvalue weighted by atomic mass is 10.2. The molecule has 0 spiro atoms. The molecule has 0 unspecified atom stereocenters. The van der Waals surface area contributed by atoms with Crippen molar-refractivity contribution in [3.05, 3.63) is 21.6 Å². The minimum Gasteiger partial charge on any atom is -0.480 e. The Balaban J connectivity index is 2.50. The first kappa shape index (κ1) is 12.6. The molecule has 0 aliphatic carbocycles. The second-order valence-electron chi connectivity index (χ2n) is 3.39. The van der Waals surface area contributed by atoms with Gasteiger partial charge in [-0.25, -0.2) is 8.78 Å². The molecule has 17 heavy (non-hydrogen) atoms. The van der Waals surface area contributed by atoms with Gasteiger partial charge in [-0.3, -0.25) is 9.69 Å². The van der Waals surface area contributed by atoms with Gasteiger partial charge in [-0.15, -0.1) is 0 Å². The molecule has 1 aromatic carbocycles. The van der Waals surface area contributed by atoms with Crippen molar-refractivity contribution in [2.45, 2.75) is 6.43 Å². The van der Waals surface area contributed by atoms with E-state index in [-0.39, 0.29) is 17.3 Å². The Morgan fingerprint density at radius 1 is 1.53 bits per heavy atom. The van der Waals surface area contributed by atoms with Gasteiger partial charge in [-0.1, -0.05) is 11.6 Å². The van der Waals surface area contributed by atoms with Gasteiger partial charge in [0.1, 0.15) is 5.69 Å². The highest BCUT2D eigenvalue weighted by atomic mass is 79.9. The number of halogens is 4. The number of anilines is 1. The molecule has 0 aromatic heterocycles. The average molecular weight is 327 g/mol. The van der Waals surface area contributed by atoms with Crippen molar-refractivity contribution < 1.29 is 18.3 Å². The van der Waals surface area contributed by atoms with E-state index in [1.165, 1.54) is 6.07 Å². The number of nitrogens with zero attached hydrogens (tertiary/aromatic N) is 1. The fourth-order valence-corrected chi connectivity index (χ4v) is 2.26. The summed E-state index contributed by atoms with van der Waals surface area (Å²) in [5.41, 5.74) is 0.192. The highest BCUT2D eigenvalue weighted by Crippen LogP contribution is 2.43. The van der Waals surface area contributed by atoms with Gasteiger partial charge >= 0.3 is 0 Å². The van der Waals surface area contributed by atoms with Crippen molar-refractivity contribution in [2.24, 2.45) is 0 Å². The standard InChI is InChI=1S/C10H7BrClF2NO2/c11-5-1-2-6(12)9-10(5)17-4-8(16)15(9)3-7(13)14/h1-2,7H,3-4H2. The Morgan fingerprint density at radius 2 is 2.24 bits per heavy atom. The van der Waals surface area contributed by atoms with Crippen LogP contribution in [0.4, 0.5) is 14.5 Å². The smallest absolute Gasteiger partial charge is 0.265 e. The van der Waals surface area contributed by atoms with E-state index in [2.05, 4.69) is 15.9 Å². The fourth-order valence-electron chi connectivity index (χ4n) is 1.58. The highest BCUT2D eigenvalue weighted by molar-refractivity contribution is 9.10. The predicted molar refractivity (Wildman–Crippen MR) is 63.0 cm³/mol. The van der Waals surface area contributed by atoms with Crippen molar-refractivity contribution in [1.82, 2.24) is 0 Å². The van der Waals surface area contributed by atoms with Gasteiger partial charge < -0.3 is 4.74 Å². The Kier molecular flexibility index (Phi) is 3.53. The first-order valence-corrected chi connectivity index (χ1v) is 5.87. The van der Waals surface area contributed by atoms with Crippen LogP contribution in [0.2, 0.25) is 5.02 Å². The molecule has 7 heteroatoms. The molecule has 0 radical (unpaired) electrons. The molecule has 0 saturated carbocycles. The SMILES string of the molecule is O=C1COc2c(Br)ccc(Cl)c2N1CC(F)F. The van der Waals surface area contributed by atoms with E-state index in [0.29, 0.717) is 10.2 Å². The molecule has 0 N–H and O–H groups in total. The Morgan fingerprint density at radius 3 is 2.88 bits per heavy atom. The summed E-state index contributed by atoms with van der Waals surface area (Å²) >= 11 is 9.14. The molecular weight excluding hydrogens is 319 g/mol. The van der Waals surface area contributed by atoms with Crippen LogP contribution < -0.4 is 9.64 Å². The Bertz CT molecular complexity index is 470. The second kappa shape index (κ2) is 4.78. The summed E-state index contributed by atoms with van der Waals surface area (Å²) in [5, 5.41) is 0.205. The summed E-state index contributed by atoms with van der Waals surface area (Å²) < 4.78 is 30.6. The van der Waals surface area contributed by atoms with Crippen molar-refractivity contribution in [2.75, 3.05) is 18.1 Å². The van der Waals surface area contributed by atoms with Gasteiger partial charge in [-0.2, -0.15) is 0 Å². The minimum atomic E-state index is -2.63. The number of alkyl halides is 2. The van der Waals surface area contributed by atoms with Crippen molar-refractivity contribution in [3.8, 4) is 5.75 Å². The van der Waals surface area contributed by atoms with Gasteiger partial charge in [0, 0.05) is 0 Å². The lowest BCUT2D eigenvalue weighted by Gasteiger charge is -2.30. The summed E-state index contributed by atoms with van der Waals surface area (Å²) in [6.07, 6.45) is -2.63. The number of hydrogen-bond acceptors (Lipinski definition) is 2. The van der Waals surface area contributed by atoms with Crippen molar-refractivity contribution in [1.29, 1.82) is 0 Å². The first-order chi connectivity index (χ1) is 8.00. The number of rotatable bonds is 2. The molecule has 3 nitrogen and oxygen atoms in total. The van der Waals surface area contributed by atoms with Gasteiger partial charge in [0.25, 0.3) is 12.3 Å². The maximum Gasteiger partial charge on any atom is 0.265 e. The van der Waals surface area contributed by atoms with Crippen LogP contribution >= 0.6 is 27.5 Å². The van der Waals surface area contributed by atoms with Crippen molar-refractivity contribution in [3.63, 3.8) is 0 Å². The topological polar surface area (TPSA) is 29.5 Å². The normalized spacial score (nSPS) is 14.9. The molecule has 2 rings (SSSR count). The summed E-state index contributed by atoms with van der Waals surface area (Å²) in [7, 11) is 0. The minimum absolute atomic E-state index is 0.192. The summed E-state index contributed by atoms with van der Waals surface area (Å²) in [4.78, 5) is 12.5. The highest BCUT2D eigenvalue weighted by Gasteiger charge is 2.31. The van der Waals surface area contributed by atoms with E-state index < -0.39 is 18.9 Å². The molecule has 0 atom stereocenters. The van der Waals surface area contributed by atoms with E-state index in [1.54, 1.807) is 6.07 Å². The lowest BCUT2D eigenvalue weighted by Crippen LogP contribution is -2.41. The van der Waals surface area contributed by atoms with Crippen molar-refractivity contribution >= 4 is 39.1 Å². The van der Waals surface area contributed by atoms with Gasteiger partial charge in [-0.05, 0) is 28.1 Å². The summed E-state index contributed by atoms with van der Waals surface area (Å²) in [5.74, 6) is -0.212. The molecule has 1 heterocycles. The summed E-state index contributed by atoms with van der Waals surface area (Å²) in [6, 6.07) is 3.16. The molecule has 92 valence electrons. The number of benzene rings is 1. The Labute approximate surface area is 109 Å². The maximum absolute atomic E-state index is 12.4. The zero-order valence-electron chi connectivity index (χ0n) is 8.42. The maximum atomic E-state index is 12.4. The van der Waals surface area contributed by atoms with E-state index >= 15 is 0 Å². The van der Waals surface area contributed by atoms with Crippen LogP contribution in [0, 0.1) is 0 Å². The second-order valence-corrected chi connectivity index (χ2v) is 4.65. The third-order valence-electron chi connectivity index (χ3n) is 2.27. The first-order valence-electron chi connectivity index (χ1n) is 4.70. The monoisotopic (exact) mass is 325 g/mol. The number of amides is 1. The number of hydrogen-bond donors (Lipinski definition) is 0. The zero-order chi connectivity index (χ0) is 12.6. The number of carbonyl (C=O) groups excluding carboxylic acids is 1. The van der Waals surface area contributed by atoms with Gasteiger partial charge in [0.05, 0.1) is 16.0 Å². The van der Waals surface area contributed by atoms with E-state index in [4.69, 9.17) is 16.3 Å². The summed E-state index contributed by atoms with van der Waals surface area (Å²) in [6.45, 7) is -0.954. The molecule has 1 aromatic rings. The van der Waals surface area contributed by atoms with Gasteiger partial charge in [0.15, 0.2) is 12.4 Å². The third kappa shape index (κ3) is 2.37. The van der Waals surface area contributed by atoms with E-state index in [0.717, 1.165) is 4.90 Å². The lowest BCUT2D eigenvalue weighted by molar-refractivity contribution is -0.121. The number of ether oxygens (including phenoxy) is 1. The molecule has 1 amide bonds. The molecule has 1 aliphatic rings. The van der Waals surface area contributed by atoms with Crippen LogP contribution in [0.5, 0.6) is 5.75 Å². The average Bonchev–Trinajstić information content (AvgIpc) is 2.26. The fraction of sp³-hybridized carbons (Fsp3) is 0.300. The predicted octanol–water partition coefficient (Wildman–Crippen LogP) is 3.09. The number of fused-ring (bicyclic) bond motifs is 1. The molecule has 0 saturated heterocycles. The largest absolute Gasteiger partial charge is 0.480 e.